The maximum Gasteiger partial charge on any atom is 0.492 e. The lowest BCUT2D eigenvalue weighted by Gasteiger charge is -2.33. The van der Waals surface area contributed by atoms with Gasteiger partial charge in [-0.15, -0.1) is 0 Å². The van der Waals surface area contributed by atoms with E-state index in [0.29, 0.717) is 7.69 Å². The van der Waals surface area contributed by atoms with Gasteiger partial charge in [-0.05, 0) is 61.1 Å². The van der Waals surface area contributed by atoms with Crippen LogP contribution in [0.25, 0.3) is 10.8 Å². The van der Waals surface area contributed by atoms with Crippen LogP contribution in [0.4, 0.5) is 10.1 Å². The molecular formula is C18H18BFN3. The fourth-order valence-corrected chi connectivity index (χ4v) is 3.57. The van der Waals surface area contributed by atoms with E-state index < -0.39 is 0 Å². The summed E-state index contributed by atoms with van der Waals surface area (Å²) in [6.07, 6.45) is 6.86. The first-order chi connectivity index (χ1) is 11.3. The van der Waals surface area contributed by atoms with Crippen LogP contribution >= 0.6 is 0 Å². The van der Waals surface area contributed by atoms with E-state index in [1.165, 1.54) is 11.1 Å². The van der Waals surface area contributed by atoms with Crippen molar-refractivity contribution in [1.82, 2.24) is 9.79 Å². The molecule has 2 aromatic rings. The molecule has 1 atom stereocenters. The van der Waals surface area contributed by atoms with Gasteiger partial charge in [-0.3, -0.25) is 0 Å². The van der Waals surface area contributed by atoms with Crippen molar-refractivity contribution in [3.63, 3.8) is 0 Å². The molecule has 2 heterocycles. The number of hydrogen-bond donors (Lipinski definition) is 1. The molecule has 115 valence electrons. The smallest absolute Gasteiger partial charge is 0.372 e. The van der Waals surface area contributed by atoms with Crippen LogP contribution in [0.1, 0.15) is 25.0 Å². The van der Waals surface area contributed by atoms with Gasteiger partial charge in [-0.2, -0.15) is 0 Å². The van der Waals surface area contributed by atoms with Gasteiger partial charge >= 0.3 is 7.69 Å². The van der Waals surface area contributed by atoms with Crippen LogP contribution in [-0.4, -0.2) is 23.7 Å². The normalized spacial score (nSPS) is 20.1. The summed E-state index contributed by atoms with van der Waals surface area (Å²) >= 11 is 0. The van der Waals surface area contributed by atoms with E-state index in [4.69, 9.17) is 0 Å². The van der Waals surface area contributed by atoms with Gasteiger partial charge in [0.1, 0.15) is 12.0 Å². The first kappa shape index (κ1) is 14.3. The summed E-state index contributed by atoms with van der Waals surface area (Å²) in [6, 6.07) is 10.2. The number of anilines is 1. The Morgan fingerprint density at radius 2 is 2.17 bits per heavy atom. The Balaban J connectivity index is 1.70. The second kappa shape index (κ2) is 5.72. The lowest BCUT2D eigenvalue weighted by molar-refractivity contribution is 0.469. The Morgan fingerprint density at radius 1 is 1.30 bits per heavy atom. The number of benzene rings is 1. The molecule has 1 aromatic heterocycles. The van der Waals surface area contributed by atoms with E-state index in [1.807, 2.05) is 31.2 Å². The fraction of sp³-hybridized carbons (Fsp3) is 0.278. The zero-order chi connectivity index (χ0) is 15.8. The minimum absolute atomic E-state index is 0.185. The third-order valence-electron chi connectivity index (χ3n) is 4.71. The van der Waals surface area contributed by atoms with Crippen molar-refractivity contribution in [2.24, 2.45) is 0 Å². The molecule has 1 radical (unpaired) electrons. The molecule has 1 aromatic carbocycles. The maximum atomic E-state index is 13.3. The highest BCUT2D eigenvalue weighted by molar-refractivity contribution is 6.23. The molecule has 0 bridgehead atoms. The molecule has 0 saturated heterocycles. The number of aromatic nitrogens is 1. The predicted molar refractivity (Wildman–Crippen MR) is 92.6 cm³/mol. The Morgan fingerprint density at radius 3 is 3.04 bits per heavy atom. The number of nitrogens with one attached hydrogen (secondary N) is 1. The summed E-state index contributed by atoms with van der Waals surface area (Å²) in [6.45, 7) is 2.01. The van der Waals surface area contributed by atoms with Gasteiger partial charge in [-0.1, -0.05) is 24.3 Å². The molecule has 0 amide bonds. The number of halogens is 1. The molecule has 4 rings (SSSR count). The maximum absolute atomic E-state index is 13.3. The Labute approximate surface area is 136 Å². The number of rotatable bonds is 3. The molecule has 1 aliphatic heterocycles. The van der Waals surface area contributed by atoms with Crippen molar-refractivity contribution in [2.45, 2.75) is 32.4 Å². The highest BCUT2D eigenvalue weighted by Gasteiger charge is 2.29. The second-order valence-corrected chi connectivity index (χ2v) is 6.13. The van der Waals surface area contributed by atoms with E-state index in [1.54, 1.807) is 11.0 Å². The van der Waals surface area contributed by atoms with Crippen LogP contribution in [0.15, 0.2) is 53.8 Å². The highest BCUT2D eigenvalue weighted by atomic mass is 19.1. The predicted octanol–water partition coefficient (Wildman–Crippen LogP) is 4.09. The zero-order valence-electron chi connectivity index (χ0n) is 13.1. The summed E-state index contributed by atoms with van der Waals surface area (Å²) in [5.41, 5.74) is 3.58. The molecule has 3 nitrogen and oxygen atoms in total. The third kappa shape index (κ3) is 2.50. The number of nitrogens with zero attached hydrogens (tertiary/aromatic N) is 2. The van der Waals surface area contributed by atoms with Crippen LogP contribution in [0, 0.1) is 6.92 Å². The van der Waals surface area contributed by atoms with Crippen LogP contribution in [0.3, 0.4) is 0 Å². The number of allylic oxidation sites excluding steroid dienone is 2. The number of pyridine rings is 1. The van der Waals surface area contributed by atoms with Crippen LogP contribution in [0.2, 0.25) is 0 Å². The van der Waals surface area contributed by atoms with Crippen molar-refractivity contribution < 1.29 is 4.32 Å². The van der Waals surface area contributed by atoms with Gasteiger partial charge in [0.2, 0.25) is 0 Å². The van der Waals surface area contributed by atoms with Gasteiger partial charge in [0, 0.05) is 11.1 Å². The van der Waals surface area contributed by atoms with E-state index in [9.17, 15) is 4.32 Å². The molecule has 23 heavy (non-hydrogen) atoms. The second-order valence-electron chi connectivity index (χ2n) is 6.13. The number of fused-ring (bicyclic) bond motifs is 1. The SMILES string of the molecule is Cc1nc(NC2C3=C(C=CN2[B]F)CCC3)cc2ccccc12. The van der Waals surface area contributed by atoms with E-state index >= 15 is 0 Å². The molecule has 5 heteroatoms. The van der Waals surface area contributed by atoms with Gasteiger partial charge < -0.3 is 14.4 Å². The minimum Gasteiger partial charge on any atom is -0.372 e. The minimum atomic E-state index is -0.185. The molecule has 1 unspecified atom stereocenters. The fourth-order valence-electron chi connectivity index (χ4n) is 3.57. The summed E-state index contributed by atoms with van der Waals surface area (Å²) in [4.78, 5) is 6.24. The number of hydrogen-bond acceptors (Lipinski definition) is 3. The average Bonchev–Trinajstić information content (AvgIpc) is 3.04. The molecule has 1 N–H and O–H groups in total. The Kier molecular flexibility index (Phi) is 3.56. The molecular weight excluding hydrogens is 288 g/mol. The van der Waals surface area contributed by atoms with Crippen molar-refractivity contribution in [1.29, 1.82) is 0 Å². The topological polar surface area (TPSA) is 28.2 Å². The monoisotopic (exact) mass is 306 g/mol. The van der Waals surface area contributed by atoms with Gasteiger partial charge in [-0.25, -0.2) is 4.98 Å². The van der Waals surface area contributed by atoms with E-state index in [-0.39, 0.29) is 6.17 Å². The lowest BCUT2D eigenvalue weighted by atomic mass is 10.00. The summed E-state index contributed by atoms with van der Waals surface area (Å²) in [5, 5.41) is 5.71. The average molecular weight is 306 g/mol. The van der Waals surface area contributed by atoms with Crippen molar-refractivity contribution >= 4 is 24.3 Å². The largest absolute Gasteiger partial charge is 0.492 e. The van der Waals surface area contributed by atoms with Gasteiger partial charge in [0.05, 0.1) is 0 Å². The van der Waals surface area contributed by atoms with E-state index in [0.717, 1.165) is 41.5 Å². The molecule has 0 saturated carbocycles. The first-order valence-corrected chi connectivity index (χ1v) is 8.00. The Bertz CT molecular complexity index is 815. The highest BCUT2D eigenvalue weighted by Crippen LogP contribution is 2.35. The molecule has 1 aliphatic carbocycles. The van der Waals surface area contributed by atoms with Crippen molar-refractivity contribution in [3.8, 4) is 0 Å². The van der Waals surface area contributed by atoms with Crippen LogP contribution < -0.4 is 5.32 Å². The summed E-state index contributed by atoms with van der Waals surface area (Å²) < 4.78 is 13.3. The molecule has 0 spiro atoms. The van der Waals surface area contributed by atoms with E-state index in [2.05, 4.69) is 22.4 Å². The molecule has 2 aliphatic rings. The lowest BCUT2D eigenvalue weighted by Crippen LogP contribution is -2.41. The molecule has 0 fully saturated rings. The zero-order valence-corrected chi connectivity index (χ0v) is 13.1. The quantitative estimate of drug-likeness (QED) is 0.866. The third-order valence-corrected chi connectivity index (χ3v) is 4.71. The standard InChI is InChI=1S/C18H18BFN3/c1-12-15-7-3-2-5-14(15)11-17(21-12)22-18-16-8-4-6-13(16)9-10-23(18)19-20/h2-3,5,7,9-11,18H,4,6,8H2,1H3,(H,21,22). The van der Waals surface area contributed by atoms with Gasteiger partial charge in [0.15, 0.2) is 0 Å². The van der Waals surface area contributed by atoms with Crippen molar-refractivity contribution in [3.05, 3.63) is 59.4 Å². The number of aryl methyl sites for hydroxylation is 1. The first-order valence-electron chi connectivity index (χ1n) is 8.00. The van der Waals surface area contributed by atoms with Crippen molar-refractivity contribution in [2.75, 3.05) is 5.32 Å². The summed E-state index contributed by atoms with van der Waals surface area (Å²) in [5.74, 6) is 0.784. The van der Waals surface area contributed by atoms with Crippen LogP contribution in [-0.2, 0) is 0 Å². The Hall–Kier alpha value is -2.30. The van der Waals surface area contributed by atoms with Crippen LogP contribution in [0.5, 0.6) is 0 Å². The van der Waals surface area contributed by atoms with Gasteiger partial charge in [0.25, 0.3) is 0 Å². The summed E-state index contributed by atoms with van der Waals surface area (Å²) in [7, 11) is 0.629.